The molecule has 136 valence electrons. The molecule has 27 heavy (non-hydrogen) atoms. The maximum atomic E-state index is 14.8. The molecule has 0 spiro atoms. The molecule has 1 aliphatic carbocycles. The molecule has 0 saturated carbocycles. The van der Waals surface area contributed by atoms with E-state index in [2.05, 4.69) is 15.3 Å². The van der Waals surface area contributed by atoms with E-state index in [1.807, 2.05) is 36.4 Å². The second kappa shape index (κ2) is 7.13. The van der Waals surface area contributed by atoms with Crippen molar-refractivity contribution < 1.29 is 14.4 Å². The summed E-state index contributed by atoms with van der Waals surface area (Å²) < 4.78 is 14.8. The molecule has 1 amide bonds. The van der Waals surface area contributed by atoms with E-state index < -0.39 is 11.8 Å². The van der Waals surface area contributed by atoms with Gasteiger partial charge in [0.1, 0.15) is 5.83 Å². The number of hydrogen-bond acceptors (Lipinski definition) is 5. The first-order valence-corrected chi connectivity index (χ1v) is 8.52. The predicted molar refractivity (Wildman–Crippen MR) is 101 cm³/mol. The number of nitrogens with zero attached hydrogens (tertiary/aromatic N) is 2. The van der Waals surface area contributed by atoms with Gasteiger partial charge in [0.2, 0.25) is 5.96 Å². The van der Waals surface area contributed by atoms with Gasteiger partial charge in [-0.25, -0.2) is 14.9 Å². The summed E-state index contributed by atoms with van der Waals surface area (Å²) in [6.45, 7) is 0.168. The van der Waals surface area contributed by atoms with Gasteiger partial charge in [-0.05, 0) is 22.8 Å². The normalized spacial score (nSPS) is 20.5. The first-order valence-electron chi connectivity index (χ1n) is 8.52. The van der Waals surface area contributed by atoms with Gasteiger partial charge < -0.3 is 5.32 Å². The summed E-state index contributed by atoms with van der Waals surface area (Å²) in [6, 6.07) is 14.5. The number of hydroxylamine groups is 1. The van der Waals surface area contributed by atoms with Gasteiger partial charge in [0.25, 0.3) is 5.91 Å². The van der Waals surface area contributed by atoms with E-state index in [9.17, 15) is 9.18 Å². The van der Waals surface area contributed by atoms with Crippen LogP contribution in [-0.2, 0) is 4.79 Å². The van der Waals surface area contributed by atoms with E-state index in [1.165, 1.54) is 12.3 Å². The largest absolute Gasteiger partial charge is 0.344 e. The van der Waals surface area contributed by atoms with Crippen LogP contribution < -0.4 is 10.8 Å². The van der Waals surface area contributed by atoms with Crippen LogP contribution in [0.25, 0.3) is 11.9 Å². The van der Waals surface area contributed by atoms with Crippen LogP contribution >= 0.6 is 0 Å². The lowest BCUT2D eigenvalue weighted by Crippen LogP contribution is -2.36. The molecule has 3 N–H and O–H groups in total. The zero-order valence-corrected chi connectivity index (χ0v) is 14.3. The summed E-state index contributed by atoms with van der Waals surface area (Å²) in [5.74, 6) is -1.11. The molecule has 0 radical (unpaired) electrons. The molecule has 6 nitrogen and oxygen atoms in total. The fourth-order valence-electron chi connectivity index (χ4n) is 3.29. The summed E-state index contributed by atoms with van der Waals surface area (Å²) in [5.41, 5.74) is 4.59. The molecule has 4 rings (SSSR count). The summed E-state index contributed by atoms with van der Waals surface area (Å²) >= 11 is 0. The Labute approximate surface area is 155 Å². The highest BCUT2D eigenvalue weighted by Gasteiger charge is 2.26. The quantitative estimate of drug-likeness (QED) is 0.566. The fraction of sp³-hybridized carbons (Fsp3) is 0.150. The predicted octanol–water partition coefficient (Wildman–Crippen LogP) is 2.71. The lowest BCUT2D eigenvalue weighted by atomic mass is 9.94. The number of amides is 1. The van der Waals surface area contributed by atoms with Crippen molar-refractivity contribution in [3.8, 4) is 0 Å². The lowest BCUT2D eigenvalue weighted by molar-refractivity contribution is -0.130. The first-order chi connectivity index (χ1) is 13.2. The number of rotatable bonds is 2. The Balaban J connectivity index is 1.70. The molecule has 2 aromatic rings. The second-order valence-corrected chi connectivity index (χ2v) is 6.31. The van der Waals surface area contributed by atoms with E-state index in [0.29, 0.717) is 11.5 Å². The highest BCUT2D eigenvalue weighted by atomic mass is 19.1. The van der Waals surface area contributed by atoms with Gasteiger partial charge in [-0.3, -0.25) is 15.0 Å². The van der Waals surface area contributed by atoms with Gasteiger partial charge in [0.15, 0.2) is 0 Å². The van der Waals surface area contributed by atoms with Crippen LogP contribution in [0.2, 0.25) is 0 Å². The summed E-state index contributed by atoms with van der Waals surface area (Å²) in [7, 11) is 0. The molecule has 2 aromatic carbocycles. The number of carbonyl (C=O) groups is 1. The Bertz CT molecular complexity index is 983. The number of halogens is 1. The molecule has 1 aliphatic heterocycles. The number of nitrogens with one attached hydrogen (secondary N) is 2. The van der Waals surface area contributed by atoms with Crippen molar-refractivity contribution >= 4 is 30.0 Å². The molecule has 7 heteroatoms. The summed E-state index contributed by atoms with van der Waals surface area (Å²) in [6.07, 6.45) is 2.97. The minimum Gasteiger partial charge on any atom is -0.344 e. The Hall–Kier alpha value is -3.32. The van der Waals surface area contributed by atoms with Crippen LogP contribution in [0.1, 0.15) is 28.3 Å². The van der Waals surface area contributed by atoms with Crippen molar-refractivity contribution in [2.24, 2.45) is 15.9 Å². The zero-order valence-electron chi connectivity index (χ0n) is 14.3. The van der Waals surface area contributed by atoms with Crippen molar-refractivity contribution in [1.82, 2.24) is 10.8 Å². The van der Waals surface area contributed by atoms with Gasteiger partial charge >= 0.3 is 0 Å². The number of hydrogen-bond donors (Lipinski definition) is 3. The monoisotopic (exact) mass is 364 g/mol. The highest BCUT2D eigenvalue weighted by molar-refractivity contribution is 6.00. The first kappa shape index (κ1) is 17.1. The maximum Gasteiger partial charge on any atom is 0.253 e. The average Bonchev–Trinajstić information content (AvgIpc) is 2.83. The number of guanidine groups is 1. The van der Waals surface area contributed by atoms with E-state index in [1.54, 1.807) is 17.6 Å². The second-order valence-electron chi connectivity index (χ2n) is 6.31. The Morgan fingerprint density at radius 3 is 2.59 bits per heavy atom. The molecule has 1 heterocycles. The van der Waals surface area contributed by atoms with Crippen molar-refractivity contribution in [2.45, 2.75) is 6.04 Å². The Kier molecular flexibility index (Phi) is 4.52. The van der Waals surface area contributed by atoms with Crippen molar-refractivity contribution in [1.29, 1.82) is 0 Å². The summed E-state index contributed by atoms with van der Waals surface area (Å²) in [4.78, 5) is 20.0. The van der Waals surface area contributed by atoms with Crippen LogP contribution in [0.3, 0.4) is 0 Å². The Morgan fingerprint density at radius 2 is 1.85 bits per heavy atom. The van der Waals surface area contributed by atoms with Gasteiger partial charge in [0, 0.05) is 11.8 Å². The SMILES string of the molecule is O=C(NO)C1C=NC(NC2c3ccccc3C=C(F)c3ccccc32)=NC1. The lowest BCUT2D eigenvalue weighted by Gasteiger charge is -2.23. The van der Waals surface area contributed by atoms with E-state index in [-0.39, 0.29) is 18.4 Å². The van der Waals surface area contributed by atoms with E-state index in [4.69, 9.17) is 5.21 Å². The molecule has 0 fully saturated rings. The zero-order chi connectivity index (χ0) is 18.8. The number of aliphatic imine (C=N–C) groups is 2. The van der Waals surface area contributed by atoms with Crippen LogP contribution in [0.15, 0.2) is 58.5 Å². The molecule has 0 saturated heterocycles. The van der Waals surface area contributed by atoms with E-state index in [0.717, 1.165) is 16.7 Å². The maximum absolute atomic E-state index is 14.8. The van der Waals surface area contributed by atoms with Gasteiger partial charge in [-0.1, -0.05) is 48.5 Å². The van der Waals surface area contributed by atoms with Crippen molar-refractivity contribution in [3.05, 3.63) is 70.8 Å². The molecule has 0 aromatic heterocycles. The standard InChI is InChI=1S/C20H17FN4O2/c21-17-9-12-5-1-2-6-14(12)18(16-8-4-3-7-15(16)17)24-20-22-10-13(11-23-20)19(26)25-27/h1-10,13,18,27H,11H2,(H,23,24)(H,25,26). The highest BCUT2D eigenvalue weighted by Crippen LogP contribution is 2.37. The fourth-order valence-corrected chi connectivity index (χ4v) is 3.29. The van der Waals surface area contributed by atoms with E-state index >= 15 is 0 Å². The number of benzene rings is 2. The Morgan fingerprint density at radius 1 is 1.11 bits per heavy atom. The average molecular weight is 364 g/mol. The summed E-state index contributed by atoms with van der Waals surface area (Å²) in [5, 5.41) is 12.0. The van der Waals surface area contributed by atoms with Crippen molar-refractivity contribution in [2.75, 3.05) is 6.54 Å². The molecular formula is C20H17FN4O2. The third-order valence-electron chi connectivity index (χ3n) is 4.65. The molecular weight excluding hydrogens is 347 g/mol. The van der Waals surface area contributed by atoms with Gasteiger partial charge in [-0.2, -0.15) is 0 Å². The third-order valence-corrected chi connectivity index (χ3v) is 4.65. The minimum atomic E-state index is -0.617. The molecule has 0 bridgehead atoms. The van der Waals surface area contributed by atoms with Gasteiger partial charge in [0.05, 0.1) is 18.5 Å². The van der Waals surface area contributed by atoms with Crippen LogP contribution in [0, 0.1) is 5.92 Å². The number of carbonyl (C=O) groups excluding carboxylic acids is 1. The topological polar surface area (TPSA) is 86.1 Å². The van der Waals surface area contributed by atoms with Gasteiger partial charge in [-0.15, -0.1) is 0 Å². The van der Waals surface area contributed by atoms with Crippen molar-refractivity contribution in [3.63, 3.8) is 0 Å². The number of fused-ring (bicyclic) bond motifs is 2. The minimum absolute atomic E-state index is 0.168. The molecule has 2 atom stereocenters. The van der Waals surface area contributed by atoms with Crippen LogP contribution in [0.4, 0.5) is 4.39 Å². The molecule has 2 aliphatic rings. The van der Waals surface area contributed by atoms with Crippen LogP contribution in [-0.4, -0.2) is 29.8 Å². The third kappa shape index (κ3) is 3.24. The van der Waals surface area contributed by atoms with Crippen LogP contribution in [0.5, 0.6) is 0 Å². The molecule has 2 unspecified atom stereocenters. The smallest absolute Gasteiger partial charge is 0.253 e.